The second-order valence-corrected chi connectivity index (χ2v) is 7.06. The third-order valence-electron chi connectivity index (χ3n) is 4.52. The number of anilines is 1. The molecule has 5 heteroatoms. The molecule has 0 radical (unpaired) electrons. The molecule has 4 nitrogen and oxygen atoms in total. The van der Waals surface area contributed by atoms with E-state index in [4.69, 9.17) is 9.47 Å². The van der Waals surface area contributed by atoms with E-state index in [0.717, 1.165) is 22.5 Å². The summed E-state index contributed by atoms with van der Waals surface area (Å²) in [6.45, 7) is 3.42. The topological polar surface area (TPSA) is 38.8 Å². The molecule has 4 rings (SSSR count). The summed E-state index contributed by atoms with van der Waals surface area (Å²) in [7, 11) is 0. The van der Waals surface area contributed by atoms with Crippen LogP contribution in [0.15, 0.2) is 59.1 Å². The maximum absolute atomic E-state index is 11.8. The molecule has 1 heterocycles. The van der Waals surface area contributed by atoms with Gasteiger partial charge in [0.05, 0.1) is 18.7 Å². The molecule has 26 heavy (non-hydrogen) atoms. The van der Waals surface area contributed by atoms with Gasteiger partial charge in [-0.05, 0) is 60.2 Å². The number of hydrogen-bond donors (Lipinski definition) is 0. The van der Waals surface area contributed by atoms with Crippen molar-refractivity contribution in [1.29, 1.82) is 0 Å². The van der Waals surface area contributed by atoms with Gasteiger partial charge in [-0.15, -0.1) is 0 Å². The smallest absolute Gasteiger partial charge is 0.338 e. The highest BCUT2D eigenvalue weighted by atomic mass is 79.9. The predicted octanol–water partition coefficient (Wildman–Crippen LogP) is 5.14. The van der Waals surface area contributed by atoms with Crippen molar-refractivity contribution >= 4 is 38.4 Å². The minimum Gasteiger partial charge on any atom is -0.473 e. The first-order chi connectivity index (χ1) is 12.7. The Morgan fingerprint density at radius 1 is 1.15 bits per heavy atom. The second-order valence-electron chi connectivity index (χ2n) is 6.15. The Labute approximate surface area is 160 Å². The third-order valence-corrected chi connectivity index (χ3v) is 5.01. The largest absolute Gasteiger partial charge is 0.473 e. The monoisotopic (exact) mass is 411 g/mol. The van der Waals surface area contributed by atoms with Crippen molar-refractivity contribution in [3.8, 4) is 5.75 Å². The van der Waals surface area contributed by atoms with Crippen molar-refractivity contribution in [2.24, 2.45) is 0 Å². The molecule has 0 unspecified atom stereocenters. The van der Waals surface area contributed by atoms with Crippen molar-refractivity contribution in [2.75, 3.05) is 18.2 Å². The van der Waals surface area contributed by atoms with E-state index in [1.807, 2.05) is 18.2 Å². The first-order valence-corrected chi connectivity index (χ1v) is 9.31. The van der Waals surface area contributed by atoms with E-state index in [1.165, 1.54) is 16.3 Å². The number of fused-ring (bicyclic) bond motifs is 3. The molecule has 0 atom stereocenters. The zero-order valence-corrected chi connectivity index (χ0v) is 16.0. The van der Waals surface area contributed by atoms with Crippen LogP contribution in [0.1, 0.15) is 22.8 Å². The molecule has 0 aromatic heterocycles. The highest BCUT2D eigenvalue weighted by molar-refractivity contribution is 9.10. The van der Waals surface area contributed by atoms with Gasteiger partial charge in [0.1, 0.15) is 5.75 Å². The van der Waals surface area contributed by atoms with Gasteiger partial charge < -0.3 is 14.4 Å². The van der Waals surface area contributed by atoms with Crippen molar-refractivity contribution in [1.82, 2.24) is 0 Å². The minimum absolute atomic E-state index is 0.295. The third kappa shape index (κ3) is 3.15. The summed E-state index contributed by atoms with van der Waals surface area (Å²) in [6, 6.07) is 17.9. The van der Waals surface area contributed by atoms with E-state index < -0.39 is 0 Å². The Morgan fingerprint density at radius 2 is 1.96 bits per heavy atom. The molecule has 1 aliphatic heterocycles. The van der Waals surface area contributed by atoms with Gasteiger partial charge >= 0.3 is 5.97 Å². The number of benzene rings is 3. The molecular formula is C21H18BrNO3. The molecule has 1 aliphatic rings. The van der Waals surface area contributed by atoms with Crippen LogP contribution in [0.5, 0.6) is 5.75 Å². The summed E-state index contributed by atoms with van der Waals surface area (Å²) >= 11 is 3.53. The van der Waals surface area contributed by atoms with Crippen LogP contribution in [0.2, 0.25) is 0 Å². The maximum Gasteiger partial charge on any atom is 0.338 e. The van der Waals surface area contributed by atoms with E-state index in [-0.39, 0.29) is 5.97 Å². The fourth-order valence-electron chi connectivity index (χ4n) is 3.22. The first-order valence-electron chi connectivity index (χ1n) is 8.52. The molecule has 0 aliphatic carbocycles. The second kappa shape index (κ2) is 7.00. The van der Waals surface area contributed by atoms with Gasteiger partial charge in [0.2, 0.25) is 0 Å². The molecule has 0 amide bonds. The number of halogens is 1. The van der Waals surface area contributed by atoms with Crippen LogP contribution in [-0.4, -0.2) is 19.3 Å². The van der Waals surface area contributed by atoms with Gasteiger partial charge in [0, 0.05) is 15.7 Å². The van der Waals surface area contributed by atoms with Crippen LogP contribution in [0.3, 0.4) is 0 Å². The Hall–Kier alpha value is -2.53. The molecule has 132 valence electrons. The lowest BCUT2D eigenvalue weighted by molar-refractivity contribution is 0.0526. The normalized spacial score (nSPS) is 13.2. The molecule has 0 saturated heterocycles. The molecule has 0 spiro atoms. The predicted molar refractivity (Wildman–Crippen MR) is 106 cm³/mol. The number of nitrogens with zero attached hydrogens (tertiary/aromatic N) is 1. The fourth-order valence-corrected chi connectivity index (χ4v) is 3.59. The Morgan fingerprint density at radius 3 is 2.73 bits per heavy atom. The quantitative estimate of drug-likeness (QED) is 0.559. The maximum atomic E-state index is 11.8. The zero-order chi connectivity index (χ0) is 18.1. The molecule has 0 fully saturated rings. The number of ether oxygens (including phenoxy) is 2. The number of carbonyl (C=O) groups is 1. The van der Waals surface area contributed by atoms with Gasteiger partial charge in [0.15, 0.2) is 6.73 Å². The van der Waals surface area contributed by atoms with Crippen LogP contribution in [0, 0.1) is 0 Å². The highest BCUT2D eigenvalue weighted by Crippen LogP contribution is 2.35. The number of esters is 1. The highest BCUT2D eigenvalue weighted by Gasteiger charge is 2.20. The van der Waals surface area contributed by atoms with Crippen LogP contribution in [-0.2, 0) is 11.3 Å². The molecule has 0 bridgehead atoms. The van der Waals surface area contributed by atoms with Gasteiger partial charge in [-0.25, -0.2) is 4.79 Å². The number of hydrogen-bond acceptors (Lipinski definition) is 4. The minimum atomic E-state index is -0.295. The van der Waals surface area contributed by atoms with E-state index in [0.29, 0.717) is 18.9 Å². The van der Waals surface area contributed by atoms with Gasteiger partial charge in [0.25, 0.3) is 0 Å². The van der Waals surface area contributed by atoms with E-state index in [1.54, 1.807) is 19.1 Å². The zero-order valence-electron chi connectivity index (χ0n) is 14.4. The average Bonchev–Trinajstić information content (AvgIpc) is 2.67. The van der Waals surface area contributed by atoms with Crippen LogP contribution in [0.25, 0.3) is 10.8 Å². The van der Waals surface area contributed by atoms with Crippen molar-refractivity contribution < 1.29 is 14.3 Å². The lowest BCUT2D eigenvalue weighted by Crippen LogP contribution is -2.32. The van der Waals surface area contributed by atoms with E-state index in [9.17, 15) is 4.79 Å². The summed E-state index contributed by atoms with van der Waals surface area (Å²) in [5.41, 5.74) is 2.75. The van der Waals surface area contributed by atoms with Crippen molar-refractivity contribution in [2.45, 2.75) is 13.5 Å². The fraction of sp³-hybridized carbons (Fsp3) is 0.190. The summed E-state index contributed by atoms with van der Waals surface area (Å²) in [4.78, 5) is 14.0. The number of rotatable bonds is 3. The lowest BCUT2D eigenvalue weighted by Gasteiger charge is -2.31. The van der Waals surface area contributed by atoms with Crippen molar-refractivity contribution in [3.63, 3.8) is 0 Å². The molecule has 3 aromatic carbocycles. The standard InChI is InChI=1S/C21H18BrNO3/c1-2-25-21(24)14-3-7-17(8-4-14)23-12-19-18-9-6-16(22)11-15(18)5-10-20(19)26-13-23/h3-11H,2,12-13H2,1H3. The van der Waals surface area contributed by atoms with Crippen LogP contribution >= 0.6 is 15.9 Å². The summed E-state index contributed by atoms with van der Waals surface area (Å²) < 4.78 is 12.1. The van der Waals surface area contributed by atoms with Gasteiger partial charge in [-0.1, -0.05) is 28.1 Å². The van der Waals surface area contributed by atoms with Crippen molar-refractivity contribution in [3.05, 3.63) is 70.2 Å². The lowest BCUT2D eigenvalue weighted by atomic mass is 10.0. The molecule has 0 N–H and O–H groups in total. The van der Waals surface area contributed by atoms with E-state index in [2.05, 4.69) is 45.1 Å². The molecule has 3 aromatic rings. The molecular weight excluding hydrogens is 394 g/mol. The Kier molecular flexibility index (Phi) is 4.55. The first kappa shape index (κ1) is 16.9. The van der Waals surface area contributed by atoms with Gasteiger partial charge in [-0.2, -0.15) is 0 Å². The summed E-state index contributed by atoms with van der Waals surface area (Å²) in [6.07, 6.45) is 0. The SMILES string of the molecule is CCOC(=O)c1ccc(N2COc3ccc4cc(Br)ccc4c3C2)cc1. The van der Waals surface area contributed by atoms with Gasteiger partial charge in [-0.3, -0.25) is 0 Å². The molecule has 0 saturated carbocycles. The van der Waals surface area contributed by atoms with Crippen LogP contribution < -0.4 is 9.64 Å². The summed E-state index contributed by atoms with van der Waals surface area (Å²) in [5, 5.41) is 2.37. The summed E-state index contributed by atoms with van der Waals surface area (Å²) in [5.74, 6) is 0.634. The van der Waals surface area contributed by atoms with E-state index >= 15 is 0 Å². The average molecular weight is 412 g/mol. The number of carbonyl (C=O) groups excluding carboxylic acids is 1. The Bertz CT molecular complexity index is 969. The van der Waals surface area contributed by atoms with Crippen LogP contribution in [0.4, 0.5) is 5.69 Å². The Balaban J connectivity index is 1.63.